The van der Waals surface area contributed by atoms with Gasteiger partial charge in [-0.1, -0.05) is 23.2 Å². The number of rotatable bonds is 6. The van der Waals surface area contributed by atoms with Crippen molar-refractivity contribution in [1.82, 2.24) is 0 Å². The van der Waals surface area contributed by atoms with E-state index >= 15 is 0 Å². The lowest BCUT2D eigenvalue weighted by Crippen LogP contribution is -2.28. The van der Waals surface area contributed by atoms with Crippen molar-refractivity contribution >= 4 is 40.8 Å². The SMILES string of the molecule is CC(C)OC(=O)[C@@H](C)Oc1ccc(C(=O)Nc2cc(Cl)ccc2Cl)cc1. The summed E-state index contributed by atoms with van der Waals surface area (Å²) in [5.74, 6) is -0.332. The van der Waals surface area contributed by atoms with Gasteiger partial charge < -0.3 is 14.8 Å². The van der Waals surface area contributed by atoms with Gasteiger partial charge in [0.1, 0.15) is 5.75 Å². The number of esters is 1. The van der Waals surface area contributed by atoms with Gasteiger partial charge in [-0.15, -0.1) is 0 Å². The van der Waals surface area contributed by atoms with E-state index in [9.17, 15) is 9.59 Å². The summed E-state index contributed by atoms with van der Waals surface area (Å²) in [5.41, 5.74) is 0.834. The number of hydrogen-bond donors (Lipinski definition) is 1. The number of halogens is 2. The molecule has 0 saturated heterocycles. The Hall–Kier alpha value is -2.24. The van der Waals surface area contributed by atoms with Crippen LogP contribution in [0.3, 0.4) is 0 Å². The molecule has 0 aliphatic carbocycles. The fraction of sp³-hybridized carbons (Fsp3) is 0.263. The van der Waals surface area contributed by atoms with Crippen molar-refractivity contribution in [2.45, 2.75) is 33.0 Å². The van der Waals surface area contributed by atoms with Crippen LogP contribution in [-0.4, -0.2) is 24.1 Å². The lowest BCUT2D eigenvalue weighted by atomic mass is 10.2. The molecular formula is C19H19Cl2NO4. The lowest BCUT2D eigenvalue weighted by Gasteiger charge is -2.16. The number of benzene rings is 2. The summed E-state index contributed by atoms with van der Waals surface area (Å²) in [6, 6.07) is 11.2. The first kappa shape index (κ1) is 20.1. The third kappa shape index (κ3) is 5.64. The Morgan fingerprint density at radius 3 is 2.27 bits per heavy atom. The van der Waals surface area contributed by atoms with Gasteiger partial charge in [0, 0.05) is 10.6 Å². The van der Waals surface area contributed by atoms with Crippen LogP contribution in [-0.2, 0) is 9.53 Å². The number of amides is 1. The summed E-state index contributed by atoms with van der Waals surface area (Å²) < 4.78 is 10.6. The summed E-state index contributed by atoms with van der Waals surface area (Å²) in [6.45, 7) is 5.14. The average molecular weight is 396 g/mol. The van der Waals surface area contributed by atoms with E-state index in [0.717, 1.165) is 0 Å². The van der Waals surface area contributed by atoms with E-state index in [0.29, 0.717) is 27.0 Å². The molecule has 2 aromatic carbocycles. The fourth-order valence-corrected chi connectivity index (χ4v) is 2.39. The first-order valence-electron chi connectivity index (χ1n) is 8.00. The van der Waals surface area contributed by atoms with Gasteiger partial charge in [0.2, 0.25) is 0 Å². The summed E-state index contributed by atoms with van der Waals surface area (Å²) >= 11 is 11.9. The highest BCUT2D eigenvalue weighted by Crippen LogP contribution is 2.26. The number of carbonyl (C=O) groups is 2. The van der Waals surface area contributed by atoms with Crippen LogP contribution in [0.1, 0.15) is 31.1 Å². The van der Waals surface area contributed by atoms with Crippen LogP contribution in [0.5, 0.6) is 5.75 Å². The van der Waals surface area contributed by atoms with E-state index < -0.39 is 12.1 Å². The molecule has 2 rings (SSSR count). The quantitative estimate of drug-likeness (QED) is 0.701. The third-order valence-corrected chi connectivity index (χ3v) is 3.85. The molecule has 1 amide bonds. The van der Waals surface area contributed by atoms with Crippen LogP contribution >= 0.6 is 23.2 Å². The van der Waals surface area contributed by atoms with Gasteiger partial charge in [-0.05, 0) is 63.2 Å². The number of nitrogens with one attached hydrogen (secondary N) is 1. The average Bonchev–Trinajstić information content (AvgIpc) is 2.58. The van der Waals surface area contributed by atoms with E-state index in [1.807, 2.05) is 0 Å². The summed E-state index contributed by atoms with van der Waals surface area (Å²) in [4.78, 5) is 24.1. The second-order valence-electron chi connectivity index (χ2n) is 5.85. The van der Waals surface area contributed by atoms with E-state index in [1.165, 1.54) is 0 Å². The largest absolute Gasteiger partial charge is 0.479 e. The minimum atomic E-state index is -0.748. The molecule has 0 fully saturated rings. The van der Waals surface area contributed by atoms with Crippen molar-refractivity contribution in [3.8, 4) is 5.75 Å². The molecule has 0 bridgehead atoms. The van der Waals surface area contributed by atoms with E-state index in [4.69, 9.17) is 32.7 Å². The zero-order chi connectivity index (χ0) is 19.3. The van der Waals surface area contributed by atoms with Gasteiger partial charge in [0.05, 0.1) is 16.8 Å². The molecule has 0 saturated carbocycles. The van der Waals surface area contributed by atoms with Gasteiger partial charge >= 0.3 is 5.97 Å². The Balaban J connectivity index is 2.01. The maximum absolute atomic E-state index is 12.3. The van der Waals surface area contributed by atoms with Gasteiger partial charge in [0.25, 0.3) is 5.91 Å². The van der Waals surface area contributed by atoms with Crippen LogP contribution in [0.25, 0.3) is 0 Å². The topological polar surface area (TPSA) is 64.6 Å². The molecule has 5 nitrogen and oxygen atoms in total. The Morgan fingerprint density at radius 2 is 1.65 bits per heavy atom. The molecule has 0 unspecified atom stereocenters. The molecule has 26 heavy (non-hydrogen) atoms. The van der Waals surface area contributed by atoms with E-state index in [2.05, 4.69) is 5.32 Å². The normalized spacial score (nSPS) is 11.8. The molecule has 0 aliphatic rings. The Bertz CT molecular complexity index is 791. The summed E-state index contributed by atoms with van der Waals surface area (Å²) in [6.07, 6.45) is -0.958. The van der Waals surface area contributed by atoms with Gasteiger partial charge in [0.15, 0.2) is 6.10 Å². The van der Waals surface area contributed by atoms with Crippen LogP contribution in [0.4, 0.5) is 5.69 Å². The maximum Gasteiger partial charge on any atom is 0.347 e. The van der Waals surface area contributed by atoms with Gasteiger partial charge in [-0.3, -0.25) is 4.79 Å². The van der Waals surface area contributed by atoms with Crippen molar-refractivity contribution in [2.24, 2.45) is 0 Å². The summed E-state index contributed by atoms with van der Waals surface area (Å²) in [7, 11) is 0. The molecule has 2 aromatic rings. The Kier molecular flexibility index (Phi) is 6.89. The minimum Gasteiger partial charge on any atom is -0.479 e. The molecule has 138 valence electrons. The number of ether oxygens (including phenoxy) is 2. The van der Waals surface area contributed by atoms with E-state index in [1.54, 1.807) is 63.2 Å². The first-order chi connectivity index (χ1) is 12.3. The standard InChI is InChI=1S/C19H19Cl2NO4/c1-11(2)25-19(24)12(3)26-15-7-4-13(5-8-15)18(23)22-17-10-14(20)6-9-16(17)21/h4-12H,1-3H3,(H,22,23)/t12-/m1/s1. The van der Waals surface area contributed by atoms with Crippen molar-refractivity contribution in [2.75, 3.05) is 5.32 Å². The molecule has 0 aliphatic heterocycles. The molecule has 0 spiro atoms. The number of carbonyl (C=O) groups excluding carboxylic acids is 2. The third-order valence-electron chi connectivity index (χ3n) is 3.29. The van der Waals surface area contributed by atoms with Crippen molar-refractivity contribution in [1.29, 1.82) is 0 Å². The Morgan fingerprint density at radius 1 is 1.00 bits per heavy atom. The van der Waals surface area contributed by atoms with Crippen LogP contribution < -0.4 is 10.1 Å². The van der Waals surface area contributed by atoms with Crippen LogP contribution in [0, 0.1) is 0 Å². The molecule has 7 heteroatoms. The van der Waals surface area contributed by atoms with Gasteiger partial charge in [-0.25, -0.2) is 4.79 Å². The first-order valence-corrected chi connectivity index (χ1v) is 8.75. The van der Waals surface area contributed by atoms with Crippen molar-refractivity contribution in [3.63, 3.8) is 0 Å². The zero-order valence-electron chi connectivity index (χ0n) is 14.6. The summed E-state index contributed by atoms with van der Waals surface area (Å²) in [5, 5.41) is 3.55. The molecular weight excluding hydrogens is 377 g/mol. The molecule has 1 atom stereocenters. The fourth-order valence-electron chi connectivity index (χ4n) is 2.05. The maximum atomic E-state index is 12.3. The van der Waals surface area contributed by atoms with Crippen LogP contribution in [0.2, 0.25) is 10.0 Å². The van der Waals surface area contributed by atoms with Crippen LogP contribution in [0.15, 0.2) is 42.5 Å². The number of hydrogen-bond acceptors (Lipinski definition) is 4. The van der Waals surface area contributed by atoms with Gasteiger partial charge in [-0.2, -0.15) is 0 Å². The minimum absolute atomic E-state index is 0.210. The number of anilines is 1. The van der Waals surface area contributed by atoms with Crippen molar-refractivity contribution in [3.05, 3.63) is 58.1 Å². The lowest BCUT2D eigenvalue weighted by molar-refractivity contribution is -0.154. The predicted molar refractivity (Wildman–Crippen MR) is 102 cm³/mol. The second-order valence-corrected chi connectivity index (χ2v) is 6.69. The second kappa shape index (κ2) is 8.92. The molecule has 0 aromatic heterocycles. The zero-order valence-corrected chi connectivity index (χ0v) is 16.1. The van der Waals surface area contributed by atoms with E-state index in [-0.39, 0.29) is 12.0 Å². The highest BCUT2D eigenvalue weighted by molar-refractivity contribution is 6.35. The molecule has 0 heterocycles. The highest BCUT2D eigenvalue weighted by atomic mass is 35.5. The Labute approximate surface area is 162 Å². The predicted octanol–water partition coefficient (Wildman–Crippen LogP) is 4.96. The smallest absolute Gasteiger partial charge is 0.347 e. The monoisotopic (exact) mass is 395 g/mol. The molecule has 0 radical (unpaired) electrons. The van der Waals surface area contributed by atoms with Crippen molar-refractivity contribution < 1.29 is 19.1 Å². The molecule has 1 N–H and O–H groups in total. The highest BCUT2D eigenvalue weighted by Gasteiger charge is 2.18.